The first-order chi connectivity index (χ1) is 19.0. The van der Waals surface area contributed by atoms with E-state index in [0.29, 0.717) is 35.7 Å². The molecule has 2 N–H and O–H groups in total. The predicted molar refractivity (Wildman–Crippen MR) is 147 cm³/mol. The lowest BCUT2D eigenvalue weighted by Gasteiger charge is -2.26. The topological polar surface area (TPSA) is 78.9 Å². The summed E-state index contributed by atoms with van der Waals surface area (Å²) in [6, 6.07) is 30.5. The molecular formula is C32H29FN2O4. The van der Waals surface area contributed by atoms with Crippen LogP contribution in [0.15, 0.2) is 109 Å². The number of rotatable bonds is 8. The predicted octanol–water partition coefficient (Wildman–Crippen LogP) is 5.75. The Hall–Kier alpha value is -4.49. The summed E-state index contributed by atoms with van der Waals surface area (Å²) < 4.78 is 18.9. The Morgan fingerprint density at radius 2 is 1.46 bits per heavy atom. The van der Waals surface area contributed by atoms with Crippen LogP contribution in [0.3, 0.4) is 0 Å². The van der Waals surface area contributed by atoms with Crippen molar-refractivity contribution in [3.63, 3.8) is 0 Å². The van der Waals surface area contributed by atoms with E-state index in [4.69, 9.17) is 4.74 Å². The molecule has 0 aromatic heterocycles. The average molecular weight is 525 g/mol. The second kappa shape index (κ2) is 11.9. The van der Waals surface area contributed by atoms with Gasteiger partial charge in [-0.05, 0) is 78.4 Å². The monoisotopic (exact) mass is 524 g/mol. The third-order valence-electron chi connectivity index (χ3n) is 6.86. The van der Waals surface area contributed by atoms with Gasteiger partial charge in [-0.2, -0.15) is 0 Å². The van der Waals surface area contributed by atoms with Crippen LogP contribution in [-0.4, -0.2) is 34.4 Å². The van der Waals surface area contributed by atoms with E-state index in [1.165, 1.54) is 29.2 Å². The normalized spacial score (nSPS) is 17.4. The summed E-state index contributed by atoms with van der Waals surface area (Å²) in [5.41, 5.74) is 2.18. The Morgan fingerprint density at radius 3 is 2.10 bits per heavy atom. The summed E-state index contributed by atoms with van der Waals surface area (Å²) in [4.78, 5) is 28.4. The molecule has 198 valence electrons. The van der Waals surface area contributed by atoms with Gasteiger partial charge in [0.1, 0.15) is 23.4 Å². The van der Waals surface area contributed by atoms with Crippen molar-refractivity contribution in [1.29, 1.82) is 0 Å². The Balaban J connectivity index is 1.29. The van der Waals surface area contributed by atoms with Gasteiger partial charge in [0.05, 0.1) is 0 Å². The summed E-state index contributed by atoms with van der Waals surface area (Å²) >= 11 is 0. The maximum absolute atomic E-state index is 13.4. The highest BCUT2D eigenvalue weighted by atomic mass is 19.1. The molecule has 1 unspecified atom stereocenters. The molecule has 0 bridgehead atoms. The highest BCUT2D eigenvalue weighted by Gasteiger charge is 2.41. The largest absolute Gasteiger partial charge is 0.457 e. The molecule has 39 heavy (non-hydrogen) atoms. The molecule has 0 spiro atoms. The zero-order valence-electron chi connectivity index (χ0n) is 21.2. The van der Waals surface area contributed by atoms with Gasteiger partial charge in [0.25, 0.3) is 5.91 Å². The lowest BCUT2D eigenvalue weighted by molar-refractivity contribution is -0.144. The first-order valence-corrected chi connectivity index (χ1v) is 12.9. The number of benzene rings is 4. The van der Waals surface area contributed by atoms with Gasteiger partial charge < -0.3 is 20.1 Å². The lowest BCUT2D eigenvalue weighted by Crippen LogP contribution is -2.45. The number of aliphatic hydroxyl groups is 1. The third-order valence-corrected chi connectivity index (χ3v) is 6.86. The van der Waals surface area contributed by atoms with Crippen molar-refractivity contribution in [1.82, 2.24) is 4.90 Å². The molecule has 1 aliphatic rings. The van der Waals surface area contributed by atoms with Gasteiger partial charge in [-0.3, -0.25) is 9.59 Å². The Bertz CT molecular complexity index is 1400. The number of hydrogen-bond donors (Lipinski definition) is 2. The molecule has 5 rings (SSSR count). The number of likely N-dealkylation sites (tertiary alicyclic amines) is 1. The second-order valence-electron chi connectivity index (χ2n) is 9.68. The lowest BCUT2D eigenvalue weighted by atomic mass is 9.96. The smallest absolute Gasteiger partial charge is 0.256 e. The van der Waals surface area contributed by atoms with E-state index in [2.05, 4.69) is 5.32 Å². The van der Waals surface area contributed by atoms with E-state index in [-0.39, 0.29) is 17.6 Å². The van der Waals surface area contributed by atoms with Gasteiger partial charge in [-0.15, -0.1) is 0 Å². The maximum Gasteiger partial charge on any atom is 0.256 e. The van der Waals surface area contributed by atoms with Gasteiger partial charge in [0, 0.05) is 12.2 Å². The van der Waals surface area contributed by atoms with E-state index in [1.54, 1.807) is 48.5 Å². The molecule has 1 fully saturated rings. The number of hydrogen-bond acceptors (Lipinski definition) is 4. The van der Waals surface area contributed by atoms with E-state index in [9.17, 15) is 19.1 Å². The number of anilines is 1. The van der Waals surface area contributed by atoms with Crippen LogP contribution in [0.5, 0.6) is 11.5 Å². The van der Waals surface area contributed by atoms with Gasteiger partial charge in [0.2, 0.25) is 5.91 Å². The highest BCUT2D eigenvalue weighted by molar-refractivity contribution is 5.98. The second-order valence-corrected chi connectivity index (χ2v) is 9.68. The Labute approximate surface area is 226 Å². The molecule has 1 aliphatic heterocycles. The molecule has 1 heterocycles. The molecule has 7 heteroatoms. The van der Waals surface area contributed by atoms with Crippen LogP contribution in [-0.2, 0) is 16.0 Å². The van der Waals surface area contributed by atoms with Gasteiger partial charge in [-0.25, -0.2) is 4.39 Å². The number of carbonyl (C=O) groups excluding carboxylic acids is 2. The Kier molecular flexibility index (Phi) is 7.99. The van der Waals surface area contributed by atoms with Crippen molar-refractivity contribution >= 4 is 17.5 Å². The van der Waals surface area contributed by atoms with Crippen LogP contribution >= 0.6 is 0 Å². The van der Waals surface area contributed by atoms with Crippen LogP contribution in [0, 0.1) is 11.7 Å². The van der Waals surface area contributed by atoms with Crippen molar-refractivity contribution in [2.45, 2.75) is 25.0 Å². The fraction of sp³-hybridized carbons (Fsp3) is 0.188. The van der Waals surface area contributed by atoms with Crippen molar-refractivity contribution in [3.8, 4) is 11.5 Å². The van der Waals surface area contributed by atoms with Crippen molar-refractivity contribution < 1.29 is 23.8 Å². The molecule has 0 radical (unpaired) electrons. The minimum Gasteiger partial charge on any atom is -0.457 e. The minimum atomic E-state index is -1.35. The molecule has 3 atom stereocenters. The number of amides is 2. The molecule has 1 saturated heterocycles. The standard InChI is InChI=1S/C32H29FN2O4/c33-25-11-15-27(16-12-25)39-28-17-13-26(14-18-28)34-31(37)29-20-23(19-22-7-3-1-4-8-22)21-35(29)32(38)30(36)24-9-5-2-6-10-24/h1-18,23,29-30,36H,19-21H2,(H,34,37)/t23-,29+,30?/m1/s1. The van der Waals surface area contributed by atoms with Crippen LogP contribution < -0.4 is 10.1 Å². The van der Waals surface area contributed by atoms with Crippen molar-refractivity contribution in [3.05, 3.63) is 126 Å². The summed E-state index contributed by atoms with van der Waals surface area (Å²) in [5, 5.41) is 13.7. The number of nitrogens with zero attached hydrogens (tertiary/aromatic N) is 1. The molecule has 2 amide bonds. The first kappa shape index (κ1) is 26.1. The summed E-state index contributed by atoms with van der Waals surface area (Å²) in [5.74, 6) is -0.0454. The fourth-order valence-electron chi connectivity index (χ4n) is 4.92. The molecule has 4 aromatic rings. The number of carbonyl (C=O) groups is 2. The molecule has 4 aromatic carbocycles. The minimum absolute atomic E-state index is 0.0709. The van der Waals surface area contributed by atoms with Gasteiger partial charge >= 0.3 is 0 Å². The molecular weight excluding hydrogens is 495 g/mol. The molecule has 0 saturated carbocycles. The first-order valence-electron chi connectivity index (χ1n) is 12.9. The SMILES string of the molecule is O=C(Nc1ccc(Oc2ccc(F)cc2)cc1)[C@@H]1C[C@@H](Cc2ccccc2)CN1C(=O)C(O)c1ccccc1. The number of nitrogens with one attached hydrogen (secondary N) is 1. The van der Waals surface area contributed by atoms with E-state index in [1.807, 2.05) is 36.4 Å². The summed E-state index contributed by atoms with van der Waals surface area (Å²) in [6.45, 7) is 0.375. The fourth-order valence-corrected chi connectivity index (χ4v) is 4.92. The highest BCUT2D eigenvalue weighted by Crippen LogP contribution is 2.31. The van der Waals surface area contributed by atoms with Crippen LogP contribution in [0.2, 0.25) is 0 Å². The maximum atomic E-state index is 13.4. The average Bonchev–Trinajstić information content (AvgIpc) is 3.39. The van der Waals surface area contributed by atoms with E-state index >= 15 is 0 Å². The van der Waals surface area contributed by atoms with Crippen LogP contribution in [0.25, 0.3) is 0 Å². The zero-order valence-corrected chi connectivity index (χ0v) is 21.2. The van der Waals surface area contributed by atoms with Crippen LogP contribution in [0.1, 0.15) is 23.7 Å². The third kappa shape index (κ3) is 6.51. The zero-order chi connectivity index (χ0) is 27.2. The van der Waals surface area contributed by atoms with Gasteiger partial charge in [0.15, 0.2) is 6.10 Å². The number of halogens is 1. The number of aliphatic hydroxyl groups excluding tert-OH is 1. The summed E-state index contributed by atoms with van der Waals surface area (Å²) in [7, 11) is 0. The molecule has 6 nitrogen and oxygen atoms in total. The Morgan fingerprint density at radius 1 is 0.872 bits per heavy atom. The quantitative estimate of drug-likeness (QED) is 0.308. The van der Waals surface area contributed by atoms with E-state index < -0.39 is 18.1 Å². The van der Waals surface area contributed by atoms with Crippen molar-refractivity contribution in [2.75, 3.05) is 11.9 Å². The van der Waals surface area contributed by atoms with Crippen LogP contribution in [0.4, 0.5) is 10.1 Å². The van der Waals surface area contributed by atoms with E-state index in [0.717, 1.165) is 12.0 Å². The summed E-state index contributed by atoms with van der Waals surface area (Å²) in [6.07, 6.45) is -0.134. The number of ether oxygens (including phenoxy) is 1. The van der Waals surface area contributed by atoms with Gasteiger partial charge in [-0.1, -0.05) is 60.7 Å². The van der Waals surface area contributed by atoms with Crippen molar-refractivity contribution in [2.24, 2.45) is 5.92 Å². The molecule has 0 aliphatic carbocycles.